The van der Waals surface area contributed by atoms with Crippen molar-refractivity contribution in [2.75, 3.05) is 45.9 Å². The summed E-state index contributed by atoms with van der Waals surface area (Å²) in [7, 11) is 0. The fourth-order valence-electron chi connectivity index (χ4n) is 4.16. The predicted molar refractivity (Wildman–Crippen MR) is 120 cm³/mol. The number of nitrogens with zero attached hydrogens (tertiary/aromatic N) is 3. The molecule has 0 bridgehead atoms. The van der Waals surface area contributed by atoms with E-state index in [1.807, 2.05) is 4.90 Å². The molecule has 2 amide bonds. The van der Waals surface area contributed by atoms with Crippen LogP contribution in [-0.2, 0) is 16.0 Å². The zero-order valence-corrected chi connectivity index (χ0v) is 18.4. The molecule has 2 aliphatic rings. The number of aliphatic hydroxyl groups is 1. The van der Waals surface area contributed by atoms with Gasteiger partial charge in [-0.25, -0.2) is 4.39 Å². The number of aliphatic hydroxyl groups excluding tert-OH is 1. The standard InChI is InChI=1S/C24H25ClFN3O3/c25-19-5-3-18(4-6-19)21-22(28-13-11-27(12-14-28)15-16-30)24(32)29(23(21)31)10-9-17-1-7-20(26)8-2-17/h1-8,30H,9-16H2. The molecule has 1 N–H and O–H groups in total. The summed E-state index contributed by atoms with van der Waals surface area (Å²) in [6.07, 6.45) is 0.448. The zero-order valence-electron chi connectivity index (χ0n) is 17.6. The van der Waals surface area contributed by atoms with Crippen molar-refractivity contribution in [2.24, 2.45) is 0 Å². The molecule has 1 saturated heterocycles. The number of piperazine rings is 1. The third kappa shape index (κ3) is 4.70. The third-order valence-electron chi connectivity index (χ3n) is 5.92. The molecular formula is C24H25ClFN3O3. The van der Waals surface area contributed by atoms with Gasteiger partial charge in [0.15, 0.2) is 0 Å². The summed E-state index contributed by atoms with van der Waals surface area (Å²) in [4.78, 5) is 32.2. The molecular weight excluding hydrogens is 433 g/mol. The van der Waals surface area contributed by atoms with Crippen molar-refractivity contribution in [1.82, 2.24) is 14.7 Å². The normalized spacial score (nSPS) is 17.6. The smallest absolute Gasteiger partial charge is 0.277 e. The van der Waals surface area contributed by atoms with Gasteiger partial charge in [0.05, 0.1) is 12.2 Å². The molecule has 0 saturated carbocycles. The number of amides is 2. The first-order valence-electron chi connectivity index (χ1n) is 10.7. The lowest BCUT2D eigenvalue weighted by atomic mass is 10.0. The van der Waals surface area contributed by atoms with E-state index >= 15 is 0 Å². The second kappa shape index (κ2) is 9.81. The molecule has 8 heteroatoms. The fourth-order valence-corrected chi connectivity index (χ4v) is 4.29. The van der Waals surface area contributed by atoms with Crippen LogP contribution in [0.2, 0.25) is 5.02 Å². The van der Waals surface area contributed by atoms with E-state index in [1.165, 1.54) is 17.0 Å². The maximum Gasteiger partial charge on any atom is 0.277 e. The van der Waals surface area contributed by atoms with Crippen molar-refractivity contribution in [3.63, 3.8) is 0 Å². The minimum atomic E-state index is -0.327. The number of halogens is 2. The maximum absolute atomic E-state index is 13.4. The Labute approximate surface area is 191 Å². The van der Waals surface area contributed by atoms with Gasteiger partial charge in [0.25, 0.3) is 11.8 Å². The lowest BCUT2D eigenvalue weighted by molar-refractivity contribution is -0.137. The van der Waals surface area contributed by atoms with Gasteiger partial charge in [-0.3, -0.25) is 19.4 Å². The highest BCUT2D eigenvalue weighted by Gasteiger charge is 2.41. The van der Waals surface area contributed by atoms with Gasteiger partial charge in [0.1, 0.15) is 11.5 Å². The topological polar surface area (TPSA) is 64.1 Å². The molecule has 32 heavy (non-hydrogen) atoms. The van der Waals surface area contributed by atoms with Crippen LogP contribution in [-0.4, -0.2) is 77.5 Å². The predicted octanol–water partition coefficient (Wildman–Crippen LogP) is 2.41. The molecule has 0 atom stereocenters. The Morgan fingerprint density at radius 1 is 0.875 bits per heavy atom. The van der Waals surface area contributed by atoms with Crippen molar-refractivity contribution in [3.8, 4) is 0 Å². The first-order valence-corrected chi connectivity index (χ1v) is 11.0. The number of hydrogen-bond acceptors (Lipinski definition) is 5. The zero-order chi connectivity index (χ0) is 22.7. The first-order chi connectivity index (χ1) is 15.5. The summed E-state index contributed by atoms with van der Waals surface area (Å²) in [5.74, 6) is -0.957. The number of imide groups is 1. The van der Waals surface area contributed by atoms with E-state index in [0.29, 0.717) is 61.0 Å². The monoisotopic (exact) mass is 457 g/mol. The first kappa shape index (κ1) is 22.5. The average molecular weight is 458 g/mol. The largest absolute Gasteiger partial charge is 0.395 e. The molecule has 2 aliphatic heterocycles. The Balaban J connectivity index is 1.59. The van der Waals surface area contributed by atoms with E-state index in [1.54, 1.807) is 36.4 Å². The Kier molecular flexibility index (Phi) is 6.89. The van der Waals surface area contributed by atoms with Crippen LogP contribution < -0.4 is 0 Å². The van der Waals surface area contributed by atoms with Gasteiger partial charge in [0, 0.05) is 44.3 Å². The molecule has 0 aliphatic carbocycles. The summed E-state index contributed by atoms with van der Waals surface area (Å²) in [5.41, 5.74) is 2.32. The Bertz CT molecular complexity index is 1020. The number of carbonyl (C=O) groups excluding carboxylic acids is 2. The molecule has 0 unspecified atom stereocenters. The van der Waals surface area contributed by atoms with E-state index in [9.17, 15) is 19.1 Å². The third-order valence-corrected chi connectivity index (χ3v) is 6.17. The quantitative estimate of drug-likeness (QED) is 0.647. The van der Waals surface area contributed by atoms with Gasteiger partial charge in [0.2, 0.25) is 0 Å². The van der Waals surface area contributed by atoms with Crippen molar-refractivity contribution in [3.05, 3.63) is 76.2 Å². The van der Waals surface area contributed by atoms with Gasteiger partial charge in [-0.05, 0) is 41.8 Å². The van der Waals surface area contributed by atoms with Gasteiger partial charge in [-0.15, -0.1) is 0 Å². The van der Waals surface area contributed by atoms with Crippen molar-refractivity contribution in [2.45, 2.75) is 6.42 Å². The van der Waals surface area contributed by atoms with Crippen LogP contribution in [0.1, 0.15) is 11.1 Å². The molecule has 2 aromatic carbocycles. The van der Waals surface area contributed by atoms with E-state index in [2.05, 4.69) is 4.90 Å². The summed E-state index contributed by atoms with van der Waals surface area (Å²) in [6.45, 7) is 3.49. The molecule has 6 nitrogen and oxygen atoms in total. The maximum atomic E-state index is 13.4. The van der Waals surface area contributed by atoms with E-state index in [0.717, 1.165) is 5.56 Å². The molecule has 168 valence electrons. The Morgan fingerprint density at radius 2 is 1.53 bits per heavy atom. The summed E-state index contributed by atoms with van der Waals surface area (Å²) in [5, 5.41) is 9.74. The molecule has 2 heterocycles. The average Bonchev–Trinajstić information content (AvgIpc) is 3.04. The van der Waals surface area contributed by atoms with E-state index in [-0.39, 0.29) is 30.8 Å². The number of rotatable bonds is 7. The van der Waals surface area contributed by atoms with Crippen LogP contribution in [0.15, 0.2) is 54.2 Å². The van der Waals surface area contributed by atoms with Crippen molar-refractivity contribution < 1.29 is 19.1 Å². The highest BCUT2D eigenvalue weighted by Crippen LogP contribution is 2.33. The van der Waals surface area contributed by atoms with Crippen molar-refractivity contribution >= 4 is 29.0 Å². The van der Waals surface area contributed by atoms with Crippen LogP contribution in [0.4, 0.5) is 4.39 Å². The summed E-state index contributed by atoms with van der Waals surface area (Å²) in [6, 6.07) is 13.0. The van der Waals surface area contributed by atoms with Crippen LogP contribution in [0.5, 0.6) is 0 Å². The highest BCUT2D eigenvalue weighted by atomic mass is 35.5. The van der Waals surface area contributed by atoms with Gasteiger partial charge in [-0.2, -0.15) is 0 Å². The molecule has 0 radical (unpaired) electrons. The van der Waals surface area contributed by atoms with E-state index in [4.69, 9.17) is 11.6 Å². The van der Waals surface area contributed by atoms with E-state index < -0.39 is 0 Å². The number of β-amino-alcohol motifs (C(OH)–C–C–N with tert-alkyl or cyclic N) is 1. The lowest BCUT2D eigenvalue weighted by Gasteiger charge is -2.36. The number of carbonyl (C=O) groups is 2. The van der Waals surface area contributed by atoms with Gasteiger partial charge in [-0.1, -0.05) is 35.9 Å². The molecule has 0 spiro atoms. The summed E-state index contributed by atoms with van der Waals surface area (Å²) >= 11 is 6.03. The summed E-state index contributed by atoms with van der Waals surface area (Å²) < 4.78 is 13.2. The van der Waals surface area contributed by atoms with Gasteiger partial charge >= 0.3 is 0 Å². The number of benzene rings is 2. The van der Waals surface area contributed by atoms with Gasteiger partial charge < -0.3 is 10.0 Å². The van der Waals surface area contributed by atoms with Crippen LogP contribution in [0.25, 0.3) is 5.57 Å². The molecule has 0 aromatic heterocycles. The minimum absolute atomic E-state index is 0.0906. The second-order valence-corrected chi connectivity index (χ2v) is 8.36. The Hall–Kier alpha value is -2.74. The second-order valence-electron chi connectivity index (χ2n) is 7.92. The van der Waals surface area contributed by atoms with Crippen molar-refractivity contribution in [1.29, 1.82) is 0 Å². The van der Waals surface area contributed by atoms with Crippen LogP contribution in [0, 0.1) is 5.82 Å². The minimum Gasteiger partial charge on any atom is -0.395 e. The lowest BCUT2D eigenvalue weighted by Crippen LogP contribution is -2.48. The molecule has 2 aromatic rings. The SMILES string of the molecule is O=C1C(c2ccc(Cl)cc2)=C(N2CCN(CCO)CC2)C(=O)N1CCc1ccc(F)cc1. The molecule has 1 fully saturated rings. The Morgan fingerprint density at radius 3 is 2.16 bits per heavy atom. The fraction of sp³-hybridized carbons (Fsp3) is 0.333. The highest BCUT2D eigenvalue weighted by molar-refractivity contribution is 6.36. The number of hydrogen-bond donors (Lipinski definition) is 1. The van der Waals surface area contributed by atoms with Crippen LogP contribution >= 0.6 is 11.6 Å². The molecule has 4 rings (SSSR count). The van der Waals surface area contributed by atoms with Crippen LogP contribution in [0.3, 0.4) is 0 Å².